The SMILES string of the molecule is N#Cc1ccccc1N=Nc1ccccc1Cl. The molecule has 0 N–H and O–H groups in total. The van der Waals surface area contributed by atoms with Gasteiger partial charge in [-0.1, -0.05) is 35.9 Å². The average Bonchev–Trinajstić information content (AvgIpc) is 2.38. The Hall–Kier alpha value is -2.18. The van der Waals surface area contributed by atoms with Gasteiger partial charge in [0.15, 0.2) is 0 Å². The largest absolute Gasteiger partial charge is 0.192 e. The lowest BCUT2D eigenvalue weighted by Gasteiger charge is -1.96. The van der Waals surface area contributed by atoms with Gasteiger partial charge in [0.1, 0.15) is 17.4 Å². The van der Waals surface area contributed by atoms with Gasteiger partial charge in [0.05, 0.1) is 10.6 Å². The van der Waals surface area contributed by atoms with Crippen molar-refractivity contribution in [2.45, 2.75) is 0 Å². The normalized spacial score (nSPS) is 10.4. The molecule has 0 atom stereocenters. The maximum Gasteiger partial charge on any atom is 0.104 e. The molecular weight excluding hydrogens is 234 g/mol. The zero-order valence-corrected chi connectivity index (χ0v) is 9.59. The van der Waals surface area contributed by atoms with Crippen LogP contribution in [0.15, 0.2) is 58.8 Å². The van der Waals surface area contributed by atoms with Crippen LogP contribution in [0.2, 0.25) is 5.02 Å². The van der Waals surface area contributed by atoms with Crippen LogP contribution >= 0.6 is 11.6 Å². The van der Waals surface area contributed by atoms with Gasteiger partial charge in [-0.3, -0.25) is 0 Å². The van der Waals surface area contributed by atoms with Crippen molar-refractivity contribution in [1.29, 1.82) is 5.26 Å². The predicted octanol–water partition coefficient (Wildman–Crippen LogP) is 4.63. The molecule has 2 aromatic rings. The second kappa shape index (κ2) is 5.24. The van der Waals surface area contributed by atoms with Crippen molar-refractivity contribution in [2.24, 2.45) is 10.2 Å². The van der Waals surface area contributed by atoms with Crippen LogP contribution in [0.3, 0.4) is 0 Å². The number of halogens is 1. The molecule has 0 unspecified atom stereocenters. The fourth-order valence-corrected chi connectivity index (χ4v) is 1.47. The minimum atomic E-state index is 0.489. The molecule has 0 aliphatic carbocycles. The summed E-state index contributed by atoms with van der Waals surface area (Å²) in [5, 5.41) is 17.5. The Balaban J connectivity index is 2.33. The van der Waals surface area contributed by atoms with E-state index in [2.05, 4.69) is 16.3 Å². The van der Waals surface area contributed by atoms with Crippen molar-refractivity contribution in [3.8, 4) is 6.07 Å². The van der Waals surface area contributed by atoms with Crippen molar-refractivity contribution in [3.63, 3.8) is 0 Å². The lowest BCUT2D eigenvalue weighted by Crippen LogP contribution is -1.73. The smallest absolute Gasteiger partial charge is 0.104 e. The van der Waals surface area contributed by atoms with Crippen molar-refractivity contribution in [3.05, 3.63) is 59.1 Å². The second-order valence-electron chi connectivity index (χ2n) is 3.28. The maximum atomic E-state index is 8.89. The highest BCUT2D eigenvalue weighted by atomic mass is 35.5. The van der Waals surface area contributed by atoms with Crippen LogP contribution in [0.4, 0.5) is 11.4 Å². The molecule has 2 aromatic carbocycles. The van der Waals surface area contributed by atoms with Gasteiger partial charge in [-0.05, 0) is 24.3 Å². The fraction of sp³-hybridized carbons (Fsp3) is 0. The third-order valence-electron chi connectivity index (χ3n) is 2.14. The van der Waals surface area contributed by atoms with E-state index in [1.807, 2.05) is 18.2 Å². The van der Waals surface area contributed by atoms with Crippen LogP contribution in [-0.4, -0.2) is 0 Å². The highest BCUT2D eigenvalue weighted by molar-refractivity contribution is 6.32. The molecular formula is C13H8ClN3. The molecule has 0 saturated heterocycles. The number of benzene rings is 2. The van der Waals surface area contributed by atoms with Gasteiger partial charge in [-0.25, -0.2) is 0 Å². The Labute approximate surface area is 104 Å². The summed E-state index contributed by atoms with van der Waals surface area (Å²) < 4.78 is 0. The molecule has 0 heterocycles. The summed E-state index contributed by atoms with van der Waals surface area (Å²) in [4.78, 5) is 0. The van der Waals surface area contributed by atoms with E-state index in [1.165, 1.54) is 0 Å². The third-order valence-corrected chi connectivity index (χ3v) is 2.46. The molecule has 0 aliphatic rings. The van der Waals surface area contributed by atoms with Gasteiger partial charge in [0.25, 0.3) is 0 Å². The highest BCUT2D eigenvalue weighted by Gasteiger charge is 1.99. The molecule has 2 rings (SSSR count). The van der Waals surface area contributed by atoms with Crippen LogP contribution < -0.4 is 0 Å². The van der Waals surface area contributed by atoms with E-state index in [-0.39, 0.29) is 0 Å². The van der Waals surface area contributed by atoms with E-state index in [4.69, 9.17) is 16.9 Å². The molecule has 0 aliphatic heterocycles. The van der Waals surface area contributed by atoms with Gasteiger partial charge < -0.3 is 0 Å². The Morgan fingerprint density at radius 2 is 1.47 bits per heavy atom. The first kappa shape index (κ1) is 11.3. The minimum Gasteiger partial charge on any atom is -0.192 e. The second-order valence-corrected chi connectivity index (χ2v) is 3.69. The van der Waals surface area contributed by atoms with Crippen LogP contribution in [-0.2, 0) is 0 Å². The lowest BCUT2D eigenvalue weighted by atomic mass is 10.2. The number of nitriles is 1. The Bertz CT molecular complexity index is 600. The minimum absolute atomic E-state index is 0.489. The Morgan fingerprint density at radius 1 is 0.882 bits per heavy atom. The fourth-order valence-electron chi connectivity index (χ4n) is 1.30. The van der Waals surface area contributed by atoms with Gasteiger partial charge in [-0.2, -0.15) is 5.26 Å². The van der Waals surface area contributed by atoms with Crippen LogP contribution in [0.25, 0.3) is 0 Å². The average molecular weight is 242 g/mol. The van der Waals surface area contributed by atoms with Gasteiger partial charge >= 0.3 is 0 Å². The summed E-state index contributed by atoms with van der Waals surface area (Å²) >= 11 is 5.95. The molecule has 0 fully saturated rings. The Kier molecular flexibility index (Phi) is 3.49. The highest BCUT2D eigenvalue weighted by Crippen LogP contribution is 2.27. The quantitative estimate of drug-likeness (QED) is 0.707. The zero-order chi connectivity index (χ0) is 12.1. The van der Waals surface area contributed by atoms with Crippen LogP contribution in [0.1, 0.15) is 5.56 Å². The molecule has 0 saturated carbocycles. The Morgan fingerprint density at radius 3 is 2.18 bits per heavy atom. The number of azo groups is 1. The van der Waals surface area contributed by atoms with Crippen LogP contribution in [0, 0.1) is 11.3 Å². The summed E-state index contributed by atoms with van der Waals surface area (Å²) in [6, 6.07) is 16.2. The predicted molar refractivity (Wildman–Crippen MR) is 66.8 cm³/mol. The molecule has 82 valence electrons. The monoisotopic (exact) mass is 241 g/mol. The maximum absolute atomic E-state index is 8.89. The third kappa shape index (κ3) is 2.68. The molecule has 0 radical (unpaired) electrons. The molecule has 0 spiro atoms. The lowest BCUT2D eigenvalue weighted by molar-refractivity contribution is 1.22. The molecule has 17 heavy (non-hydrogen) atoms. The van der Waals surface area contributed by atoms with E-state index in [0.29, 0.717) is 22.0 Å². The van der Waals surface area contributed by atoms with E-state index < -0.39 is 0 Å². The van der Waals surface area contributed by atoms with E-state index in [9.17, 15) is 0 Å². The van der Waals surface area contributed by atoms with E-state index in [0.717, 1.165) is 0 Å². The first-order valence-corrected chi connectivity index (χ1v) is 5.34. The summed E-state index contributed by atoms with van der Waals surface area (Å²) in [5.74, 6) is 0. The van der Waals surface area contributed by atoms with Crippen molar-refractivity contribution in [2.75, 3.05) is 0 Å². The summed E-state index contributed by atoms with van der Waals surface area (Å²) in [6.07, 6.45) is 0. The van der Waals surface area contributed by atoms with E-state index in [1.54, 1.807) is 30.3 Å². The number of hydrogen-bond acceptors (Lipinski definition) is 3. The first-order valence-electron chi connectivity index (χ1n) is 4.96. The molecule has 0 bridgehead atoms. The first-order chi connectivity index (χ1) is 8.31. The zero-order valence-electron chi connectivity index (χ0n) is 8.84. The molecule has 4 heteroatoms. The standard InChI is InChI=1S/C13H8ClN3/c14-11-6-2-4-8-13(11)17-16-12-7-3-1-5-10(12)9-15/h1-8H. The molecule has 0 amide bonds. The summed E-state index contributed by atoms with van der Waals surface area (Å²) in [5.41, 5.74) is 1.61. The van der Waals surface area contributed by atoms with Crippen LogP contribution in [0.5, 0.6) is 0 Å². The topological polar surface area (TPSA) is 48.5 Å². The van der Waals surface area contributed by atoms with Crippen molar-refractivity contribution < 1.29 is 0 Å². The van der Waals surface area contributed by atoms with Gasteiger partial charge in [0, 0.05) is 0 Å². The van der Waals surface area contributed by atoms with Crippen molar-refractivity contribution in [1.82, 2.24) is 0 Å². The number of hydrogen-bond donors (Lipinski definition) is 0. The molecule has 0 aromatic heterocycles. The van der Waals surface area contributed by atoms with Gasteiger partial charge in [-0.15, -0.1) is 10.2 Å². The van der Waals surface area contributed by atoms with Gasteiger partial charge in [0.2, 0.25) is 0 Å². The summed E-state index contributed by atoms with van der Waals surface area (Å²) in [6.45, 7) is 0. The number of nitrogens with zero attached hydrogens (tertiary/aromatic N) is 3. The van der Waals surface area contributed by atoms with E-state index >= 15 is 0 Å². The molecule has 3 nitrogen and oxygen atoms in total. The summed E-state index contributed by atoms with van der Waals surface area (Å²) in [7, 11) is 0. The van der Waals surface area contributed by atoms with Crippen molar-refractivity contribution >= 4 is 23.0 Å². The number of rotatable bonds is 2.